The second-order valence-corrected chi connectivity index (χ2v) is 9.72. The van der Waals surface area contributed by atoms with Crippen LogP contribution in [0.25, 0.3) is 0 Å². The Kier molecular flexibility index (Phi) is 8.13. The van der Waals surface area contributed by atoms with Crippen LogP contribution in [-0.2, 0) is 32.0 Å². The van der Waals surface area contributed by atoms with Crippen molar-refractivity contribution in [3.63, 3.8) is 0 Å². The summed E-state index contributed by atoms with van der Waals surface area (Å²) in [6.45, 7) is 5.58. The average molecular weight is 388 g/mol. The van der Waals surface area contributed by atoms with Gasteiger partial charge in [0.15, 0.2) is 0 Å². The summed E-state index contributed by atoms with van der Waals surface area (Å²) in [5.74, 6) is 0. The maximum absolute atomic E-state index is 12.1. The Hall–Kier alpha value is 0.245. The number of phosphoric acid groups is 2. The standard InChI is InChI=1S/C12H27BO9P2/c1-12(2,3)11-9(8-10(13)21-11)22-24(16,17)20-7-5-6-19-23(14,15)18-4/h9-11H,5-8,13H2,1-4H3,(H,14,15)(H,16,17). The molecule has 1 aliphatic heterocycles. The molecule has 5 unspecified atom stereocenters. The van der Waals surface area contributed by atoms with E-state index in [4.69, 9.17) is 18.7 Å². The molecule has 1 saturated heterocycles. The minimum absolute atomic E-state index is 0.0691. The molecule has 2 N–H and O–H groups in total. The summed E-state index contributed by atoms with van der Waals surface area (Å²) in [7, 11) is -5.38. The summed E-state index contributed by atoms with van der Waals surface area (Å²) in [4.78, 5) is 18.9. The maximum atomic E-state index is 12.1. The Balaban J connectivity index is 2.43. The van der Waals surface area contributed by atoms with Crippen molar-refractivity contribution in [2.75, 3.05) is 20.3 Å². The van der Waals surface area contributed by atoms with Crippen LogP contribution in [0.4, 0.5) is 0 Å². The normalized spacial score (nSPS) is 30.0. The van der Waals surface area contributed by atoms with Crippen LogP contribution in [0.1, 0.15) is 33.6 Å². The van der Waals surface area contributed by atoms with Gasteiger partial charge in [0, 0.05) is 13.1 Å². The van der Waals surface area contributed by atoms with Gasteiger partial charge in [-0.25, -0.2) is 9.13 Å². The van der Waals surface area contributed by atoms with Gasteiger partial charge in [-0.3, -0.25) is 18.1 Å². The summed E-state index contributed by atoms with van der Waals surface area (Å²) in [6.07, 6.45) is -0.233. The number of hydrogen-bond acceptors (Lipinski definition) is 7. The lowest BCUT2D eigenvalue weighted by atomic mass is 9.85. The topological polar surface area (TPSA) is 121 Å². The molecule has 0 bridgehead atoms. The molecule has 1 rings (SSSR count). The summed E-state index contributed by atoms with van der Waals surface area (Å²) in [6, 6.07) is -0.0691. The predicted octanol–water partition coefficient (Wildman–Crippen LogP) is 1.44. The molecular weight excluding hydrogens is 361 g/mol. The Morgan fingerprint density at radius 3 is 2.21 bits per heavy atom. The summed E-state index contributed by atoms with van der Waals surface area (Å²) >= 11 is 0. The third-order valence-electron chi connectivity index (χ3n) is 3.43. The highest BCUT2D eigenvalue weighted by Gasteiger charge is 2.44. The molecule has 0 aromatic rings. The van der Waals surface area contributed by atoms with E-state index in [-0.39, 0.29) is 37.2 Å². The first kappa shape index (κ1) is 22.3. The Morgan fingerprint density at radius 2 is 1.71 bits per heavy atom. The van der Waals surface area contributed by atoms with E-state index in [1.165, 1.54) is 0 Å². The van der Waals surface area contributed by atoms with Crippen molar-refractivity contribution in [1.82, 2.24) is 0 Å². The molecule has 1 heterocycles. The molecule has 0 saturated carbocycles. The molecule has 0 aromatic carbocycles. The Labute approximate surface area is 143 Å². The summed E-state index contributed by atoms with van der Waals surface area (Å²) in [5, 5.41) is 0. The van der Waals surface area contributed by atoms with Crippen molar-refractivity contribution in [1.29, 1.82) is 0 Å². The first-order chi connectivity index (χ1) is 10.9. The predicted molar refractivity (Wildman–Crippen MR) is 89.3 cm³/mol. The van der Waals surface area contributed by atoms with Gasteiger partial charge in [-0.05, 0) is 18.3 Å². The van der Waals surface area contributed by atoms with Crippen LogP contribution >= 0.6 is 15.6 Å². The molecule has 24 heavy (non-hydrogen) atoms. The molecule has 0 aromatic heterocycles. The first-order valence-corrected chi connectivity index (χ1v) is 10.7. The average Bonchev–Trinajstić information content (AvgIpc) is 2.78. The van der Waals surface area contributed by atoms with Crippen LogP contribution in [0, 0.1) is 5.41 Å². The second kappa shape index (κ2) is 8.76. The van der Waals surface area contributed by atoms with Gasteiger partial charge in [0.05, 0.1) is 25.4 Å². The van der Waals surface area contributed by atoms with E-state index in [0.717, 1.165) is 7.11 Å². The Morgan fingerprint density at radius 1 is 1.17 bits per heavy atom. The quantitative estimate of drug-likeness (QED) is 0.343. The smallest absolute Gasteiger partial charge is 0.381 e. The highest BCUT2D eigenvalue weighted by molar-refractivity contribution is 7.47. The van der Waals surface area contributed by atoms with Gasteiger partial charge in [-0.2, -0.15) is 0 Å². The van der Waals surface area contributed by atoms with Gasteiger partial charge < -0.3 is 14.5 Å². The molecule has 0 radical (unpaired) electrons. The molecule has 142 valence electrons. The molecular formula is C12H27BO9P2. The summed E-state index contributed by atoms with van der Waals surface area (Å²) in [5.41, 5.74) is -0.244. The van der Waals surface area contributed by atoms with E-state index >= 15 is 0 Å². The van der Waals surface area contributed by atoms with Gasteiger partial charge in [-0.15, -0.1) is 0 Å². The third-order valence-corrected chi connectivity index (χ3v) is 5.45. The molecule has 9 nitrogen and oxygen atoms in total. The highest BCUT2D eigenvalue weighted by Crippen LogP contribution is 2.49. The minimum atomic E-state index is -4.26. The van der Waals surface area contributed by atoms with Crippen molar-refractivity contribution >= 4 is 23.5 Å². The number of ether oxygens (including phenoxy) is 1. The van der Waals surface area contributed by atoms with Crippen molar-refractivity contribution in [2.45, 2.75) is 51.8 Å². The van der Waals surface area contributed by atoms with Crippen molar-refractivity contribution in [3.8, 4) is 0 Å². The van der Waals surface area contributed by atoms with Crippen LogP contribution in [0.5, 0.6) is 0 Å². The van der Waals surface area contributed by atoms with E-state index in [2.05, 4.69) is 9.05 Å². The van der Waals surface area contributed by atoms with E-state index in [1.54, 1.807) is 0 Å². The molecule has 1 fully saturated rings. The lowest BCUT2D eigenvalue weighted by molar-refractivity contribution is -0.0366. The van der Waals surface area contributed by atoms with E-state index in [9.17, 15) is 14.0 Å². The first-order valence-electron chi connectivity index (χ1n) is 7.70. The highest BCUT2D eigenvalue weighted by atomic mass is 31.2. The fourth-order valence-corrected chi connectivity index (χ4v) is 3.80. The molecule has 5 atom stereocenters. The molecule has 1 aliphatic rings. The van der Waals surface area contributed by atoms with E-state index < -0.39 is 21.7 Å². The van der Waals surface area contributed by atoms with Crippen LogP contribution in [0.2, 0.25) is 0 Å². The van der Waals surface area contributed by atoms with Gasteiger partial charge in [0.25, 0.3) is 0 Å². The Bertz CT molecular complexity index is 495. The maximum Gasteiger partial charge on any atom is 0.472 e. The van der Waals surface area contributed by atoms with Gasteiger partial charge in [-0.1, -0.05) is 20.8 Å². The second-order valence-electron chi connectivity index (χ2n) is 6.75. The molecule has 12 heteroatoms. The number of rotatable bonds is 9. The van der Waals surface area contributed by atoms with Crippen LogP contribution in [0.3, 0.4) is 0 Å². The molecule has 0 aliphatic carbocycles. The lowest BCUT2D eigenvalue weighted by Crippen LogP contribution is -2.36. The minimum Gasteiger partial charge on any atom is -0.381 e. The summed E-state index contributed by atoms with van der Waals surface area (Å²) < 4.78 is 47.8. The zero-order chi connectivity index (χ0) is 18.6. The fraction of sp³-hybridized carbons (Fsp3) is 1.00. The van der Waals surface area contributed by atoms with Gasteiger partial charge in [0.1, 0.15) is 7.85 Å². The van der Waals surface area contributed by atoms with Gasteiger partial charge >= 0.3 is 15.6 Å². The zero-order valence-electron chi connectivity index (χ0n) is 14.7. The monoisotopic (exact) mass is 388 g/mol. The zero-order valence-corrected chi connectivity index (χ0v) is 16.5. The van der Waals surface area contributed by atoms with Crippen molar-refractivity contribution < 1.29 is 41.7 Å². The van der Waals surface area contributed by atoms with E-state index in [0.29, 0.717) is 6.42 Å². The number of hydrogen-bond donors (Lipinski definition) is 2. The SMILES string of the molecule is BC1CC(OP(=O)(O)OCCCOP(=O)(O)OC)C(C(C)(C)C)O1. The third kappa shape index (κ3) is 7.64. The van der Waals surface area contributed by atoms with Crippen molar-refractivity contribution in [3.05, 3.63) is 0 Å². The van der Waals surface area contributed by atoms with Gasteiger partial charge in [0.2, 0.25) is 0 Å². The van der Waals surface area contributed by atoms with Crippen LogP contribution in [0.15, 0.2) is 0 Å². The van der Waals surface area contributed by atoms with Crippen LogP contribution in [-0.4, -0.2) is 56.2 Å². The van der Waals surface area contributed by atoms with Crippen molar-refractivity contribution in [2.24, 2.45) is 5.41 Å². The lowest BCUT2D eigenvalue weighted by Gasteiger charge is -2.31. The van der Waals surface area contributed by atoms with E-state index in [1.807, 2.05) is 28.6 Å². The molecule has 0 amide bonds. The molecule has 0 spiro atoms. The largest absolute Gasteiger partial charge is 0.472 e. The van der Waals surface area contributed by atoms with Crippen LogP contribution < -0.4 is 0 Å². The fourth-order valence-electron chi connectivity index (χ4n) is 2.38. The number of phosphoric ester groups is 2.